The molecule has 7 heteroatoms. The van der Waals surface area contributed by atoms with Crippen LogP contribution < -0.4 is 9.47 Å². The minimum atomic E-state index is -0.402. The molecule has 0 aliphatic heterocycles. The van der Waals surface area contributed by atoms with Gasteiger partial charge < -0.3 is 14.2 Å². The summed E-state index contributed by atoms with van der Waals surface area (Å²) in [5.74, 6) is 1.68. The third-order valence-electron chi connectivity index (χ3n) is 3.87. The number of carbonyl (C=O) groups excluding carboxylic acids is 1. The summed E-state index contributed by atoms with van der Waals surface area (Å²) in [6.07, 6.45) is 2.09. The van der Waals surface area contributed by atoms with Gasteiger partial charge in [-0.1, -0.05) is 12.1 Å². The second-order valence-electron chi connectivity index (χ2n) is 5.56. The summed E-state index contributed by atoms with van der Waals surface area (Å²) in [7, 11) is 3.15. The Morgan fingerprint density at radius 1 is 1.08 bits per heavy atom. The Morgan fingerprint density at radius 2 is 1.88 bits per heavy atom. The summed E-state index contributed by atoms with van der Waals surface area (Å²) in [6, 6.07) is 12.6. The van der Waals surface area contributed by atoms with E-state index in [4.69, 9.17) is 14.2 Å². The van der Waals surface area contributed by atoms with Crippen LogP contribution in [0.4, 0.5) is 0 Å². The van der Waals surface area contributed by atoms with Gasteiger partial charge in [0.25, 0.3) is 0 Å². The Bertz CT molecular complexity index is 861. The Labute approximate surface area is 150 Å². The van der Waals surface area contributed by atoms with Crippen LogP contribution in [0.2, 0.25) is 0 Å². The lowest BCUT2D eigenvalue weighted by Crippen LogP contribution is -2.06. The summed E-state index contributed by atoms with van der Waals surface area (Å²) in [4.78, 5) is 16.4. The fourth-order valence-electron chi connectivity index (χ4n) is 2.49. The molecule has 3 aromatic rings. The van der Waals surface area contributed by atoms with Crippen molar-refractivity contribution in [3.63, 3.8) is 0 Å². The third kappa shape index (κ3) is 4.18. The quantitative estimate of drug-likeness (QED) is 0.657. The van der Waals surface area contributed by atoms with Gasteiger partial charge in [0.2, 0.25) is 0 Å². The second kappa shape index (κ2) is 8.15. The van der Waals surface area contributed by atoms with Gasteiger partial charge >= 0.3 is 5.97 Å². The number of aromatic amines is 1. The zero-order valence-corrected chi connectivity index (χ0v) is 14.6. The number of methoxy groups -OCH3 is 2. The zero-order chi connectivity index (χ0) is 18.4. The molecule has 0 aliphatic rings. The third-order valence-corrected chi connectivity index (χ3v) is 3.87. The Balaban J connectivity index is 1.63. The van der Waals surface area contributed by atoms with Gasteiger partial charge in [0, 0.05) is 12.0 Å². The van der Waals surface area contributed by atoms with Gasteiger partial charge in [0.15, 0.2) is 0 Å². The van der Waals surface area contributed by atoms with Gasteiger partial charge in [0.05, 0.1) is 19.8 Å². The number of rotatable bonds is 7. The van der Waals surface area contributed by atoms with Gasteiger partial charge in [-0.25, -0.2) is 9.78 Å². The van der Waals surface area contributed by atoms with Crippen molar-refractivity contribution in [1.29, 1.82) is 0 Å². The van der Waals surface area contributed by atoms with Gasteiger partial charge in [-0.3, -0.25) is 5.10 Å². The van der Waals surface area contributed by atoms with E-state index in [0.717, 1.165) is 17.0 Å². The van der Waals surface area contributed by atoms with Crippen molar-refractivity contribution in [2.45, 2.75) is 13.0 Å². The highest BCUT2D eigenvalue weighted by atomic mass is 16.5. The van der Waals surface area contributed by atoms with Crippen LogP contribution in [0.25, 0.3) is 0 Å². The van der Waals surface area contributed by atoms with E-state index in [9.17, 15) is 4.79 Å². The average molecular weight is 353 g/mol. The molecule has 134 valence electrons. The summed E-state index contributed by atoms with van der Waals surface area (Å²) < 4.78 is 15.9. The lowest BCUT2D eigenvalue weighted by atomic mass is 10.1. The van der Waals surface area contributed by atoms with Crippen molar-refractivity contribution < 1.29 is 19.0 Å². The Morgan fingerprint density at radius 3 is 2.54 bits per heavy atom. The normalized spacial score (nSPS) is 10.4. The fourth-order valence-corrected chi connectivity index (χ4v) is 2.49. The summed E-state index contributed by atoms with van der Waals surface area (Å²) >= 11 is 0. The van der Waals surface area contributed by atoms with Crippen LogP contribution in [0.3, 0.4) is 0 Å². The number of nitrogens with zero attached hydrogens (tertiary/aromatic N) is 2. The number of esters is 1. The molecule has 0 spiro atoms. The highest BCUT2D eigenvalue weighted by Gasteiger charge is 2.11. The zero-order valence-electron chi connectivity index (χ0n) is 14.6. The van der Waals surface area contributed by atoms with Gasteiger partial charge in [-0.15, -0.1) is 0 Å². The molecule has 0 bridgehead atoms. The predicted molar refractivity (Wildman–Crippen MR) is 94.3 cm³/mol. The number of benzene rings is 2. The predicted octanol–water partition coefficient (Wildman–Crippen LogP) is 2.77. The van der Waals surface area contributed by atoms with E-state index in [1.165, 1.54) is 6.33 Å². The van der Waals surface area contributed by atoms with Crippen molar-refractivity contribution in [3.05, 3.63) is 71.3 Å². The molecule has 2 aromatic carbocycles. The van der Waals surface area contributed by atoms with Crippen LogP contribution in [0.5, 0.6) is 11.5 Å². The van der Waals surface area contributed by atoms with E-state index < -0.39 is 5.97 Å². The van der Waals surface area contributed by atoms with Gasteiger partial charge in [-0.05, 0) is 35.9 Å². The van der Waals surface area contributed by atoms with Crippen molar-refractivity contribution >= 4 is 5.97 Å². The number of aromatic nitrogens is 3. The topological polar surface area (TPSA) is 86.3 Å². The molecule has 0 radical (unpaired) electrons. The Kier molecular flexibility index (Phi) is 5.48. The molecule has 3 rings (SSSR count). The van der Waals surface area contributed by atoms with Gasteiger partial charge in [0.1, 0.15) is 30.3 Å². The first-order valence-electron chi connectivity index (χ1n) is 8.01. The number of H-pyrrole nitrogens is 1. The SMILES string of the molecule is COc1ccc(OC)c(COC(=O)c2ccc(Cc3ncn[nH]3)cc2)c1. The van der Waals surface area contributed by atoms with Crippen LogP contribution >= 0.6 is 0 Å². The molecule has 0 saturated heterocycles. The minimum absolute atomic E-state index is 0.0963. The molecule has 0 aliphatic carbocycles. The first kappa shape index (κ1) is 17.5. The number of hydrogen-bond acceptors (Lipinski definition) is 6. The van der Waals surface area contributed by atoms with Crippen LogP contribution in [0.1, 0.15) is 27.3 Å². The molecule has 7 nitrogen and oxygen atoms in total. The molecule has 0 unspecified atom stereocenters. The molecule has 26 heavy (non-hydrogen) atoms. The average Bonchev–Trinajstić information content (AvgIpc) is 3.19. The van der Waals surface area contributed by atoms with Crippen LogP contribution in [-0.2, 0) is 17.8 Å². The van der Waals surface area contributed by atoms with E-state index >= 15 is 0 Å². The molecule has 0 saturated carbocycles. The van der Waals surface area contributed by atoms with Crippen LogP contribution in [-0.4, -0.2) is 35.4 Å². The second-order valence-corrected chi connectivity index (χ2v) is 5.56. The summed E-state index contributed by atoms with van der Waals surface area (Å²) in [5, 5.41) is 6.62. The van der Waals surface area contributed by atoms with Crippen molar-refractivity contribution in [1.82, 2.24) is 15.2 Å². The number of carbonyl (C=O) groups is 1. The number of nitrogens with one attached hydrogen (secondary N) is 1. The van der Waals surface area contributed by atoms with E-state index in [2.05, 4.69) is 15.2 Å². The number of ether oxygens (including phenoxy) is 3. The lowest BCUT2D eigenvalue weighted by Gasteiger charge is -2.11. The maximum atomic E-state index is 12.3. The van der Waals surface area contributed by atoms with Gasteiger partial charge in [-0.2, -0.15) is 5.10 Å². The van der Waals surface area contributed by atoms with E-state index in [-0.39, 0.29) is 6.61 Å². The van der Waals surface area contributed by atoms with Crippen molar-refractivity contribution in [2.24, 2.45) is 0 Å². The maximum absolute atomic E-state index is 12.3. The molecule has 0 atom stereocenters. The molecular formula is C19H19N3O4. The van der Waals surface area contributed by atoms with Crippen molar-refractivity contribution in [2.75, 3.05) is 14.2 Å². The number of hydrogen-bond donors (Lipinski definition) is 1. The standard InChI is InChI=1S/C19H19N3O4/c1-24-16-7-8-17(25-2)15(10-16)11-26-19(23)14-5-3-13(4-6-14)9-18-20-12-21-22-18/h3-8,10,12H,9,11H2,1-2H3,(H,20,21,22). The smallest absolute Gasteiger partial charge is 0.338 e. The van der Waals surface area contributed by atoms with Crippen molar-refractivity contribution in [3.8, 4) is 11.5 Å². The molecule has 1 N–H and O–H groups in total. The van der Waals surface area contributed by atoms with E-state index in [1.807, 2.05) is 12.1 Å². The van der Waals surface area contributed by atoms with Crippen LogP contribution in [0, 0.1) is 0 Å². The molecule has 0 fully saturated rings. The molecule has 1 aromatic heterocycles. The summed E-state index contributed by atoms with van der Waals surface area (Å²) in [6.45, 7) is 0.0963. The van der Waals surface area contributed by atoms with E-state index in [1.54, 1.807) is 44.6 Å². The molecule has 0 amide bonds. The minimum Gasteiger partial charge on any atom is -0.497 e. The van der Waals surface area contributed by atoms with Crippen LogP contribution in [0.15, 0.2) is 48.8 Å². The van der Waals surface area contributed by atoms with E-state index in [0.29, 0.717) is 23.5 Å². The fraction of sp³-hybridized carbons (Fsp3) is 0.211. The lowest BCUT2D eigenvalue weighted by molar-refractivity contribution is 0.0470. The highest BCUT2D eigenvalue weighted by Crippen LogP contribution is 2.25. The molecular weight excluding hydrogens is 334 g/mol. The maximum Gasteiger partial charge on any atom is 0.338 e. The summed E-state index contributed by atoms with van der Waals surface area (Å²) in [5.41, 5.74) is 2.24. The largest absolute Gasteiger partial charge is 0.497 e. The Hall–Kier alpha value is -3.35. The monoisotopic (exact) mass is 353 g/mol. The first-order chi connectivity index (χ1) is 12.7. The highest BCUT2D eigenvalue weighted by molar-refractivity contribution is 5.89. The molecule has 1 heterocycles. The first-order valence-corrected chi connectivity index (χ1v) is 8.01.